The van der Waals surface area contributed by atoms with Crippen LogP contribution in [0.25, 0.3) is 0 Å². The standard InChI is InChI=1S/C14H22N4O2/c1-10(2)17-14(20)18-12-7-5-4-6-11(12)13(19)16-9-8-15-3/h4-7,10,15H,8-9H2,1-3H3,(H,16,19)(H2,17,18,20). The van der Waals surface area contributed by atoms with Gasteiger partial charge in [0.2, 0.25) is 0 Å². The Morgan fingerprint density at radius 1 is 1.15 bits per heavy atom. The number of hydrogen-bond acceptors (Lipinski definition) is 3. The van der Waals surface area contributed by atoms with Gasteiger partial charge in [-0.1, -0.05) is 12.1 Å². The van der Waals surface area contributed by atoms with Crippen LogP contribution in [0.2, 0.25) is 0 Å². The van der Waals surface area contributed by atoms with Gasteiger partial charge in [-0.25, -0.2) is 4.79 Å². The minimum atomic E-state index is -0.324. The Morgan fingerprint density at radius 3 is 2.50 bits per heavy atom. The molecule has 20 heavy (non-hydrogen) atoms. The molecule has 0 atom stereocenters. The van der Waals surface area contributed by atoms with Crippen molar-refractivity contribution in [2.24, 2.45) is 0 Å². The smallest absolute Gasteiger partial charge is 0.319 e. The first-order chi connectivity index (χ1) is 9.54. The molecule has 0 radical (unpaired) electrons. The van der Waals surface area contributed by atoms with Crippen molar-refractivity contribution >= 4 is 17.6 Å². The summed E-state index contributed by atoms with van der Waals surface area (Å²) in [6.07, 6.45) is 0. The second-order valence-electron chi connectivity index (χ2n) is 4.66. The van der Waals surface area contributed by atoms with Gasteiger partial charge in [0.1, 0.15) is 0 Å². The fraction of sp³-hybridized carbons (Fsp3) is 0.429. The van der Waals surface area contributed by atoms with Crippen LogP contribution in [0, 0.1) is 0 Å². The van der Waals surface area contributed by atoms with E-state index in [2.05, 4.69) is 21.3 Å². The quantitative estimate of drug-likeness (QED) is 0.589. The second kappa shape index (κ2) is 8.16. The fourth-order valence-electron chi connectivity index (χ4n) is 1.61. The molecule has 6 heteroatoms. The lowest BCUT2D eigenvalue weighted by atomic mass is 10.1. The summed E-state index contributed by atoms with van der Waals surface area (Å²) in [4.78, 5) is 23.7. The molecule has 110 valence electrons. The number of nitrogens with one attached hydrogen (secondary N) is 4. The van der Waals surface area contributed by atoms with E-state index in [1.807, 2.05) is 20.9 Å². The first-order valence-electron chi connectivity index (χ1n) is 6.64. The third-order valence-corrected chi connectivity index (χ3v) is 2.50. The monoisotopic (exact) mass is 278 g/mol. The molecule has 0 saturated carbocycles. The van der Waals surface area contributed by atoms with Crippen LogP contribution in [0.5, 0.6) is 0 Å². The molecule has 0 aliphatic carbocycles. The van der Waals surface area contributed by atoms with Crippen LogP contribution in [0.1, 0.15) is 24.2 Å². The van der Waals surface area contributed by atoms with Crippen molar-refractivity contribution in [3.05, 3.63) is 29.8 Å². The van der Waals surface area contributed by atoms with Gasteiger partial charge in [-0.05, 0) is 33.0 Å². The zero-order valence-electron chi connectivity index (χ0n) is 12.1. The molecule has 1 rings (SSSR count). The first kappa shape index (κ1) is 16.0. The number of carbonyl (C=O) groups is 2. The minimum absolute atomic E-state index is 0.0339. The van der Waals surface area contributed by atoms with E-state index >= 15 is 0 Å². The van der Waals surface area contributed by atoms with Crippen LogP contribution in [-0.2, 0) is 0 Å². The van der Waals surface area contributed by atoms with Crippen molar-refractivity contribution < 1.29 is 9.59 Å². The number of benzene rings is 1. The molecule has 1 aromatic rings. The average Bonchev–Trinajstić information content (AvgIpc) is 2.38. The van der Waals surface area contributed by atoms with E-state index in [9.17, 15) is 9.59 Å². The van der Waals surface area contributed by atoms with Crippen LogP contribution in [-0.4, -0.2) is 38.1 Å². The van der Waals surface area contributed by atoms with E-state index in [1.54, 1.807) is 24.3 Å². The van der Waals surface area contributed by atoms with Gasteiger partial charge in [0.15, 0.2) is 0 Å². The molecular formula is C14H22N4O2. The van der Waals surface area contributed by atoms with Gasteiger partial charge >= 0.3 is 6.03 Å². The van der Waals surface area contributed by atoms with Gasteiger partial charge in [0.25, 0.3) is 5.91 Å². The molecule has 0 aliphatic heterocycles. The minimum Gasteiger partial charge on any atom is -0.351 e. The molecular weight excluding hydrogens is 256 g/mol. The zero-order chi connectivity index (χ0) is 15.0. The van der Waals surface area contributed by atoms with Gasteiger partial charge < -0.3 is 21.3 Å². The third kappa shape index (κ3) is 5.27. The number of carbonyl (C=O) groups excluding carboxylic acids is 2. The van der Waals surface area contributed by atoms with E-state index in [4.69, 9.17) is 0 Å². The summed E-state index contributed by atoms with van der Waals surface area (Å²) in [5.41, 5.74) is 0.940. The number of likely N-dealkylation sites (N-methyl/N-ethyl adjacent to an activating group) is 1. The van der Waals surface area contributed by atoms with E-state index in [-0.39, 0.29) is 18.0 Å². The molecule has 0 aromatic heterocycles. The van der Waals surface area contributed by atoms with Crippen molar-refractivity contribution in [1.82, 2.24) is 16.0 Å². The summed E-state index contributed by atoms with van der Waals surface area (Å²) in [6.45, 7) is 4.96. The number of urea groups is 1. The van der Waals surface area contributed by atoms with E-state index in [1.165, 1.54) is 0 Å². The summed E-state index contributed by atoms with van der Waals surface area (Å²) in [5, 5.41) is 11.1. The lowest BCUT2D eigenvalue weighted by Crippen LogP contribution is -2.35. The van der Waals surface area contributed by atoms with Crippen LogP contribution in [0.4, 0.5) is 10.5 Å². The van der Waals surface area contributed by atoms with Crippen molar-refractivity contribution in [2.45, 2.75) is 19.9 Å². The lowest BCUT2D eigenvalue weighted by Gasteiger charge is -2.13. The first-order valence-corrected chi connectivity index (χ1v) is 6.64. The molecule has 0 aliphatic rings. The molecule has 0 heterocycles. The summed E-state index contributed by atoms with van der Waals surface area (Å²) in [7, 11) is 1.82. The highest BCUT2D eigenvalue weighted by Gasteiger charge is 2.12. The highest BCUT2D eigenvalue weighted by Crippen LogP contribution is 2.14. The summed E-state index contributed by atoms with van der Waals surface area (Å²) in [5.74, 6) is -0.208. The van der Waals surface area contributed by atoms with Gasteiger partial charge in [0.05, 0.1) is 11.3 Å². The number of hydrogen-bond donors (Lipinski definition) is 4. The maximum absolute atomic E-state index is 12.0. The Hall–Kier alpha value is -2.08. The van der Waals surface area contributed by atoms with Crippen molar-refractivity contribution in [3.8, 4) is 0 Å². The Labute approximate surface area is 119 Å². The Morgan fingerprint density at radius 2 is 1.85 bits per heavy atom. The van der Waals surface area contributed by atoms with Gasteiger partial charge in [-0.3, -0.25) is 4.79 Å². The number of amides is 3. The maximum atomic E-state index is 12.0. The molecule has 0 fully saturated rings. The Bertz CT molecular complexity index is 460. The molecule has 0 bridgehead atoms. The predicted molar refractivity (Wildman–Crippen MR) is 80.0 cm³/mol. The van der Waals surface area contributed by atoms with Gasteiger partial charge in [-0.15, -0.1) is 0 Å². The van der Waals surface area contributed by atoms with Crippen LogP contribution in [0.15, 0.2) is 24.3 Å². The Balaban J connectivity index is 2.72. The SMILES string of the molecule is CNCCNC(=O)c1ccccc1NC(=O)NC(C)C. The van der Waals surface area contributed by atoms with Crippen LogP contribution < -0.4 is 21.3 Å². The van der Waals surface area contributed by atoms with Gasteiger partial charge in [-0.2, -0.15) is 0 Å². The molecule has 6 nitrogen and oxygen atoms in total. The number of anilines is 1. The molecule has 3 amide bonds. The summed E-state index contributed by atoms with van der Waals surface area (Å²) >= 11 is 0. The maximum Gasteiger partial charge on any atom is 0.319 e. The van der Waals surface area contributed by atoms with Crippen molar-refractivity contribution in [2.75, 3.05) is 25.5 Å². The van der Waals surface area contributed by atoms with Crippen molar-refractivity contribution in [1.29, 1.82) is 0 Å². The Kier molecular flexibility index (Phi) is 6.52. The molecule has 0 spiro atoms. The summed E-state index contributed by atoms with van der Waals surface area (Å²) in [6, 6.07) is 6.63. The summed E-state index contributed by atoms with van der Waals surface area (Å²) < 4.78 is 0. The average molecular weight is 278 g/mol. The van der Waals surface area contributed by atoms with Crippen LogP contribution in [0.3, 0.4) is 0 Å². The van der Waals surface area contributed by atoms with Gasteiger partial charge in [0, 0.05) is 19.1 Å². The molecule has 4 N–H and O–H groups in total. The van der Waals surface area contributed by atoms with Crippen LogP contribution >= 0.6 is 0 Å². The normalized spacial score (nSPS) is 10.2. The largest absolute Gasteiger partial charge is 0.351 e. The number of para-hydroxylation sites is 1. The van der Waals surface area contributed by atoms with E-state index < -0.39 is 0 Å². The highest BCUT2D eigenvalue weighted by molar-refractivity contribution is 6.03. The highest BCUT2D eigenvalue weighted by atomic mass is 16.2. The molecule has 0 unspecified atom stereocenters. The van der Waals surface area contributed by atoms with E-state index in [0.29, 0.717) is 24.3 Å². The number of rotatable bonds is 6. The van der Waals surface area contributed by atoms with Crippen molar-refractivity contribution in [3.63, 3.8) is 0 Å². The lowest BCUT2D eigenvalue weighted by molar-refractivity contribution is 0.0955. The molecule has 1 aromatic carbocycles. The topological polar surface area (TPSA) is 82.3 Å². The zero-order valence-corrected chi connectivity index (χ0v) is 12.1. The second-order valence-corrected chi connectivity index (χ2v) is 4.66. The fourth-order valence-corrected chi connectivity index (χ4v) is 1.61. The predicted octanol–water partition coefficient (Wildman–Crippen LogP) is 1.17. The third-order valence-electron chi connectivity index (χ3n) is 2.50. The van der Waals surface area contributed by atoms with E-state index in [0.717, 1.165) is 0 Å². The molecule has 0 saturated heterocycles.